The Hall–Kier alpha value is -1.80. The summed E-state index contributed by atoms with van der Waals surface area (Å²) in [5, 5.41) is 3.69. The standard InChI is InChI=1S/C18H20ClNO/c1-12-7-8-15(9-13(12)2)10-18(21)20-14(3)16-5-4-6-17(19)11-16/h4-9,11,14H,10H2,1-3H3,(H,20,21)/t14-/m1/s1. The molecule has 2 rings (SSSR count). The second-order valence-corrected chi connectivity index (χ2v) is 5.88. The van der Waals surface area contributed by atoms with Crippen LogP contribution in [0.15, 0.2) is 42.5 Å². The molecule has 0 aliphatic heterocycles. The lowest BCUT2D eigenvalue weighted by Crippen LogP contribution is -2.28. The Morgan fingerprint density at radius 3 is 2.57 bits per heavy atom. The Balaban J connectivity index is 1.99. The van der Waals surface area contributed by atoms with Gasteiger partial charge in [0, 0.05) is 5.02 Å². The molecule has 0 aliphatic carbocycles. The predicted octanol–water partition coefficient (Wildman–Crippen LogP) is 4.38. The number of halogens is 1. The fourth-order valence-electron chi connectivity index (χ4n) is 2.25. The lowest BCUT2D eigenvalue weighted by molar-refractivity contribution is -0.121. The van der Waals surface area contributed by atoms with Crippen molar-refractivity contribution >= 4 is 17.5 Å². The van der Waals surface area contributed by atoms with Crippen molar-refractivity contribution in [2.24, 2.45) is 0 Å². The molecule has 0 aromatic heterocycles. The zero-order valence-electron chi connectivity index (χ0n) is 12.6. The van der Waals surface area contributed by atoms with Crippen LogP contribution in [-0.2, 0) is 11.2 Å². The lowest BCUT2D eigenvalue weighted by atomic mass is 10.0. The van der Waals surface area contributed by atoms with Crippen molar-refractivity contribution in [2.45, 2.75) is 33.2 Å². The summed E-state index contributed by atoms with van der Waals surface area (Å²) in [6.45, 7) is 6.09. The molecule has 3 heteroatoms. The van der Waals surface area contributed by atoms with Gasteiger partial charge in [-0.1, -0.05) is 41.9 Å². The first-order valence-corrected chi connectivity index (χ1v) is 7.44. The molecule has 2 aromatic rings. The van der Waals surface area contributed by atoms with Crippen LogP contribution in [0.4, 0.5) is 0 Å². The summed E-state index contributed by atoms with van der Waals surface area (Å²) < 4.78 is 0. The molecule has 0 unspecified atom stereocenters. The van der Waals surface area contributed by atoms with Gasteiger partial charge in [0.05, 0.1) is 12.5 Å². The molecule has 0 saturated heterocycles. The van der Waals surface area contributed by atoms with Crippen LogP contribution >= 0.6 is 11.6 Å². The number of nitrogens with one attached hydrogen (secondary N) is 1. The minimum absolute atomic E-state index is 0.0192. The molecular formula is C18H20ClNO. The number of carbonyl (C=O) groups excluding carboxylic acids is 1. The normalized spacial score (nSPS) is 12.0. The maximum Gasteiger partial charge on any atom is 0.224 e. The van der Waals surface area contributed by atoms with E-state index in [0.717, 1.165) is 11.1 Å². The molecule has 21 heavy (non-hydrogen) atoms. The van der Waals surface area contributed by atoms with Crippen LogP contribution in [0.1, 0.15) is 35.2 Å². The second-order valence-electron chi connectivity index (χ2n) is 5.44. The SMILES string of the molecule is Cc1ccc(CC(=O)N[C@H](C)c2cccc(Cl)c2)cc1C. The largest absolute Gasteiger partial charge is 0.349 e. The number of rotatable bonds is 4. The van der Waals surface area contributed by atoms with E-state index in [4.69, 9.17) is 11.6 Å². The average molecular weight is 302 g/mol. The molecule has 1 amide bonds. The van der Waals surface area contributed by atoms with Crippen molar-refractivity contribution in [3.05, 3.63) is 69.7 Å². The summed E-state index contributed by atoms with van der Waals surface area (Å²) in [6.07, 6.45) is 0.395. The lowest BCUT2D eigenvalue weighted by Gasteiger charge is -2.15. The van der Waals surface area contributed by atoms with Gasteiger partial charge in [-0.3, -0.25) is 4.79 Å². The van der Waals surface area contributed by atoms with Gasteiger partial charge in [0.1, 0.15) is 0 Å². The molecule has 1 N–H and O–H groups in total. The first-order chi connectivity index (χ1) is 9.95. The van der Waals surface area contributed by atoms with E-state index in [0.29, 0.717) is 11.4 Å². The first kappa shape index (κ1) is 15.6. The summed E-state index contributed by atoms with van der Waals surface area (Å²) in [7, 11) is 0. The number of aryl methyl sites for hydroxylation is 2. The highest BCUT2D eigenvalue weighted by molar-refractivity contribution is 6.30. The van der Waals surface area contributed by atoms with Crippen molar-refractivity contribution in [1.29, 1.82) is 0 Å². The van der Waals surface area contributed by atoms with Crippen molar-refractivity contribution < 1.29 is 4.79 Å². The third kappa shape index (κ3) is 4.33. The van der Waals surface area contributed by atoms with Gasteiger partial charge >= 0.3 is 0 Å². The van der Waals surface area contributed by atoms with E-state index >= 15 is 0 Å². The second kappa shape index (κ2) is 6.77. The minimum Gasteiger partial charge on any atom is -0.349 e. The Labute approximate surface area is 131 Å². The fraction of sp³-hybridized carbons (Fsp3) is 0.278. The van der Waals surface area contributed by atoms with E-state index in [2.05, 4.69) is 31.3 Å². The van der Waals surface area contributed by atoms with Crippen LogP contribution in [0.2, 0.25) is 5.02 Å². The van der Waals surface area contributed by atoms with Crippen molar-refractivity contribution in [1.82, 2.24) is 5.32 Å². The zero-order valence-corrected chi connectivity index (χ0v) is 13.4. The third-order valence-electron chi connectivity index (χ3n) is 3.66. The quantitative estimate of drug-likeness (QED) is 0.892. The minimum atomic E-state index is -0.0530. The van der Waals surface area contributed by atoms with Crippen molar-refractivity contribution in [3.63, 3.8) is 0 Å². The van der Waals surface area contributed by atoms with Gasteiger partial charge in [-0.15, -0.1) is 0 Å². The fourth-order valence-corrected chi connectivity index (χ4v) is 2.45. The first-order valence-electron chi connectivity index (χ1n) is 7.06. The van der Waals surface area contributed by atoms with Gasteiger partial charge in [-0.2, -0.15) is 0 Å². The molecule has 0 heterocycles. The van der Waals surface area contributed by atoms with Gasteiger partial charge in [-0.25, -0.2) is 0 Å². The van der Waals surface area contributed by atoms with Crippen molar-refractivity contribution in [2.75, 3.05) is 0 Å². The Morgan fingerprint density at radius 2 is 1.90 bits per heavy atom. The van der Waals surface area contributed by atoms with E-state index in [1.54, 1.807) is 0 Å². The molecule has 0 aliphatic rings. The maximum atomic E-state index is 12.1. The molecule has 0 saturated carbocycles. The smallest absolute Gasteiger partial charge is 0.224 e. The van der Waals surface area contributed by atoms with Gasteiger partial charge in [0.2, 0.25) is 5.91 Å². The Bertz CT molecular complexity index is 651. The summed E-state index contributed by atoms with van der Waals surface area (Å²) in [5.41, 5.74) is 4.50. The Kier molecular flexibility index (Phi) is 5.03. The van der Waals surface area contributed by atoms with Crippen LogP contribution < -0.4 is 5.32 Å². The molecule has 2 nitrogen and oxygen atoms in total. The summed E-state index contributed by atoms with van der Waals surface area (Å²) in [5.74, 6) is 0.0192. The topological polar surface area (TPSA) is 29.1 Å². The predicted molar refractivity (Wildman–Crippen MR) is 87.6 cm³/mol. The molecule has 0 fully saturated rings. The zero-order chi connectivity index (χ0) is 15.4. The number of hydrogen-bond acceptors (Lipinski definition) is 1. The molecular weight excluding hydrogens is 282 g/mol. The van der Waals surface area contributed by atoms with E-state index < -0.39 is 0 Å². The number of hydrogen-bond donors (Lipinski definition) is 1. The summed E-state index contributed by atoms with van der Waals surface area (Å²) in [4.78, 5) is 12.1. The highest BCUT2D eigenvalue weighted by Gasteiger charge is 2.10. The molecule has 2 aromatic carbocycles. The van der Waals surface area contributed by atoms with Gasteiger partial charge in [0.15, 0.2) is 0 Å². The van der Waals surface area contributed by atoms with Gasteiger partial charge in [-0.05, 0) is 55.2 Å². The van der Waals surface area contributed by atoms with Crippen molar-refractivity contribution in [3.8, 4) is 0 Å². The summed E-state index contributed by atoms with van der Waals surface area (Å²) in [6, 6.07) is 13.6. The number of amides is 1. The van der Waals surface area contributed by atoms with Crippen LogP contribution in [-0.4, -0.2) is 5.91 Å². The molecule has 110 valence electrons. The van der Waals surface area contributed by atoms with Gasteiger partial charge < -0.3 is 5.32 Å². The average Bonchev–Trinajstić information content (AvgIpc) is 2.43. The van der Waals surface area contributed by atoms with E-state index in [1.807, 2.05) is 37.3 Å². The van der Waals surface area contributed by atoms with Crippen LogP contribution in [0.5, 0.6) is 0 Å². The molecule has 1 atom stereocenters. The monoisotopic (exact) mass is 301 g/mol. The highest BCUT2D eigenvalue weighted by Crippen LogP contribution is 2.17. The maximum absolute atomic E-state index is 12.1. The highest BCUT2D eigenvalue weighted by atomic mass is 35.5. The molecule has 0 radical (unpaired) electrons. The van der Waals surface area contributed by atoms with E-state index in [-0.39, 0.29) is 11.9 Å². The van der Waals surface area contributed by atoms with Crippen LogP contribution in [0, 0.1) is 13.8 Å². The van der Waals surface area contributed by atoms with Crippen LogP contribution in [0.3, 0.4) is 0 Å². The third-order valence-corrected chi connectivity index (χ3v) is 3.90. The molecule has 0 bridgehead atoms. The summed E-state index contributed by atoms with van der Waals surface area (Å²) >= 11 is 5.97. The van der Waals surface area contributed by atoms with Crippen LogP contribution in [0.25, 0.3) is 0 Å². The number of carbonyl (C=O) groups is 1. The number of benzene rings is 2. The molecule has 0 spiro atoms. The Morgan fingerprint density at radius 1 is 1.14 bits per heavy atom. The van der Waals surface area contributed by atoms with Gasteiger partial charge in [0.25, 0.3) is 0 Å². The van der Waals surface area contributed by atoms with E-state index in [9.17, 15) is 4.79 Å². The van der Waals surface area contributed by atoms with E-state index in [1.165, 1.54) is 11.1 Å².